The van der Waals surface area contributed by atoms with Crippen LogP contribution in [0.3, 0.4) is 0 Å². The van der Waals surface area contributed by atoms with E-state index in [1.807, 2.05) is 43.3 Å². The number of hydrogen-bond acceptors (Lipinski definition) is 4. The molecule has 3 rings (SSSR count). The lowest BCUT2D eigenvalue weighted by Gasteiger charge is -2.12. The minimum Gasteiger partial charge on any atom is -0.459 e. The van der Waals surface area contributed by atoms with Gasteiger partial charge in [0.15, 0.2) is 5.76 Å². The van der Waals surface area contributed by atoms with Crippen molar-refractivity contribution in [2.24, 2.45) is 0 Å². The molecule has 5 nitrogen and oxygen atoms in total. The number of anilines is 2. The second-order valence-electron chi connectivity index (χ2n) is 5.71. The molecule has 7 heteroatoms. The number of benzene rings is 2. The van der Waals surface area contributed by atoms with Crippen molar-refractivity contribution in [2.45, 2.75) is 17.1 Å². The minimum absolute atomic E-state index is 0.0589. The van der Waals surface area contributed by atoms with Gasteiger partial charge in [-0.3, -0.25) is 9.59 Å². The first kappa shape index (κ1) is 19.5. The molecule has 0 radical (unpaired) electrons. The fraction of sp³-hybridized carbons (Fsp3) is 0.100. The van der Waals surface area contributed by atoms with Crippen molar-refractivity contribution in [3.05, 3.63) is 76.3 Å². The Labute approximate surface area is 175 Å². The first-order valence-corrected chi connectivity index (χ1v) is 10.1. The Bertz CT molecular complexity index is 909. The smallest absolute Gasteiger partial charge is 0.291 e. The largest absolute Gasteiger partial charge is 0.459 e. The minimum atomic E-state index is -0.300. The van der Waals surface area contributed by atoms with Gasteiger partial charge in [0.25, 0.3) is 5.91 Å². The van der Waals surface area contributed by atoms with Crippen molar-refractivity contribution < 1.29 is 14.0 Å². The first-order chi connectivity index (χ1) is 13.0. The van der Waals surface area contributed by atoms with E-state index in [1.165, 1.54) is 18.0 Å². The second-order valence-corrected chi connectivity index (χ2v) is 8.37. The van der Waals surface area contributed by atoms with Crippen LogP contribution in [0, 0.1) is 3.57 Å². The highest BCUT2D eigenvalue weighted by molar-refractivity contribution is 14.1. The molecule has 0 aliphatic carbocycles. The summed E-state index contributed by atoms with van der Waals surface area (Å²) in [5.41, 5.74) is 1.44. The molecule has 1 unspecified atom stereocenters. The van der Waals surface area contributed by atoms with Crippen molar-refractivity contribution in [1.29, 1.82) is 0 Å². The van der Waals surface area contributed by atoms with Crippen molar-refractivity contribution in [3.8, 4) is 0 Å². The summed E-state index contributed by atoms with van der Waals surface area (Å²) in [4.78, 5) is 25.2. The van der Waals surface area contributed by atoms with Gasteiger partial charge in [-0.2, -0.15) is 0 Å². The zero-order chi connectivity index (χ0) is 19.2. The second kappa shape index (κ2) is 9.09. The van der Waals surface area contributed by atoms with E-state index in [1.54, 1.807) is 24.3 Å². The Balaban J connectivity index is 1.54. The zero-order valence-corrected chi connectivity index (χ0v) is 17.4. The summed E-state index contributed by atoms with van der Waals surface area (Å²) < 4.78 is 6.18. The standard InChI is InChI=1S/C20H17IN2O3S/c1-13(19(24)22-15-6-4-14(21)5-7-15)27-17-10-8-16(9-11-17)23-20(25)18-3-2-12-26-18/h2-13H,1H3,(H,22,24)(H,23,25). The summed E-state index contributed by atoms with van der Waals surface area (Å²) in [5.74, 6) is -0.101. The van der Waals surface area contributed by atoms with Crippen molar-refractivity contribution in [1.82, 2.24) is 0 Å². The molecule has 0 aliphatic heterocycles. The Morgan fingerprint density at radius 3 is 2.22 bits per heavy atom. The Kier molecular flexibility index (Phi) is 6.57. The van der Waals surface area contributed by atoms with Gasteiger partial charge < -0.3 is 15.1 Å². The van der Waals surface area contributed by atoms with Gasteiger partial charge in [-0.15, -0.1) is 11.8 Å². The van der Waals surface area contributed by atoms with Crippen LogP contribution in [-0.2, 0) is 4.79 Å². The summed E-state index contributed by atoms with van der Waals surface area (Å²) in [6.07, 6.45) is 1.46. The Morgan fingerprint density at radius 2 is 1.59 bits per heavy atom. The number of hydrogen-bond donors (Lipinski definition) is 2. The topological polar surface area (TPSA) is 71.3 Å². The van der Waals surface area contributed by atoms with Gasteiger partial charge in [-0.25, -0.2) is 0 Å². The maximum atomic E-state index is 12.3. The van der Waals surface area contributed by atoms with E-state index >= 15 is 0 Å². The average molecular weight is 492 g/mol. The van der Waals surface area contributed by atoms with E-state index in [2.05, 4.69) is 33.2 Å². The van der Waals surface area contributed by atoms with Crippen LogP contribution in [0.4, 0.5) is 11.4 Å². The molecule has 2 N–H and O–H groups in total. The van der Waals surface area contributed by atoms with Crippen LogP contribution < -0.4 is 10.6 Å². The normalized spacial score (nSPS) is 11.6. The molecule has 0 fully saturated rings. The van der Waals surface area contributed by atoms with Crippen molar-refractivity contribution in [3.63, 3.8) is 0 Å². The molecule has 0 aliphatic rings. The van der Waals surface area contributed by atoms with E-state index in [0.717, 1.165) is 14.2 Å². The molecule has 0 saturated heterocycles. The van der Waals surface area contributed by atoms with Crippen LogP contribution in [0.15, 0.2) is 76.2 Å². The number of halogens is 1. The summed E-state index contributed by atoms with van der Waals surface area (Å²) in [5, 5.41) is 5.42. The van der Waals surface area contributed by atoms with Crippen LogP contribution in [0.1, 0.15) is 17.5 Å². The molecule has 2 aromatic carbocycles. The monoisotopic (exact) mass is 492 g/mol. The molecular weight excluding hydrogens is 475 g/mol. The van der Waals surface area contributed by atoms with Crippen LogP contribution in [0.25, 0.3) is 0 Å². The van der Waals surface area contributed by atoms with Gasteiger partial charge in [0.05, 0.1) is 11.5 Å². The molecular formula is C20H17IN2O3S. The van der Waals surface area contributed by atoms with Crippen LogP contribution in [0.5, 0.6) is 0 Å². The third-order valence-electron chi connectivity index (χ3n) is 3.65. The fourth-order valence-corrected chi connectivity index (χ4v) is 3.48. The van der Waals surface area contributed by atoms with Crippen molar-refractivity contribution in [2.75, 3.05) is 10.6 Å². The predicted molar refractivity (Wildman–Crippen MR) is 116 cm³/mol. The Hall–Kier alpha value is -2.26. The van der Waals surface area contributed by atoms with E-state index in [9.17, 15) is 9.59 Å². The number of carbonyl (C=O) groups excluding carboxylic acids is 2. The van der Waals surface area contributed by atoms with Crippen molar-refractivity contribution >= 4 is 57.5 Å². The summed E-state index contributed by atoms with van der Waals surface area (Å²) in [6.45, 7) is 1.86. The molecule has 27 heavy (non-hydrogen) atoms. The SMILES string of the molecule is CC(Sc1ccc(NC(=O)c2ccco2)cc1)C(=O)Nc1ccc(I)cc1. The third-order valence-corrected chi connectivity index (χ3v) is 5.48. The predicted octanol–water partition coefficient (Wildman–Crippen LogP) is 5.26. The lowest BCUT2D eigenvalue weighted by atomic mass is 10.3. The maximum absolute atomic E-state index is 12.3. The quantitative estimate of drug-likeness (QED) is 0.364. The lowest BCUT2D eigenvalue weighted by molar-refractivity contribution is -0.115. The van der Waals surface area contributed by atoms with Crippen LogP contribution >= 0.6 is 34.4 Å². The molecule has 1 heterocycles. The molecule has 1 aromatic heterocycles. The van der Waals surface area contributed by atoms with E-state index in [0.29, 0.717) is 5.69 Å². The molecule has 1 atom stereocenters. The number of thioether (sulfide) groups is 1. The Morgan fingerprint density at radius 1 is 0.963 bits per heavy atom. The summed E-state index contributed by atoms with van der Waals surface area (Å²) >= 11 is 3.68. The number of nitrogens with one attached hydrogen (secondary N) is 2. The highest BCUT2D eigenvalue weighted by Gasteiger charge is 2.15. The highest BCUT2D eigenvalue weighted by Crippen LogP contribution is 2.26. The van der Waals surface area contributed by atoms with Gasteiger partial charge in [-0.05, 0) is 90.2 Å². The van der Waals surface area contributed by atoms with Gasteiger partial charge in [0.2, 0.25) is 5.91 Å². The summed E-state index contributed by atoms with van der Waals surface area (Å²) in [7, 11) is 0. The molecule has 3 aromatic rings. The molecule has 0 spiro atoms. The van der Waals surface area contributed by atoms with Gasteiger partial charge >= 0.3 is 0 Å². The maximum Gasteiger partial charge on any atom is 0.291 e. The number of furan rings is 1. The van der Waals surface area contributed by atoms with E-state index in [-0.39, 0.29) is 22.8 Å². The highest BCUT2D eigenvalue weighted by atomic mass is 127. The third kappa shape index (κ3) is 5.61. The van der Waals surface area contributed by atoms with Gasteiger partial charge in [0.1, 0.15) is 0 Å². The summed E-state index contributed by atoms with van der Waals surface area (Å²) in [6, 6.07) is 18.3. The molecule has 0 saturated carbocycles. The van der Waals surface area contributed by atoms with Gasteiger partial charge in [-0.1, -0.05) is 0 Å². The molecule has 0 bridgehead atoms. The molecule has 138 valence electrons. The average Bonchev–Trinajstić information content (AvgIpc) is 3.20. The van der Waals surface area contributed by atoms with Crippen LogP contribution in [-0.4, -0.2) is 17.1 Å². The first-order valence-electron chi connectivity index (χ1n) is 8.19. The lowest BCUT2D eigenvalue weighted by Crippen LogP contribution is -2.22. The van der Waals surface area contributed by atoms with Crippen LogP contribution in [0.2, 0.25) is 0 Å². The number of carbonyl (C=O) groups is 2. The zero-order valence-electron chi connectivity index (χ0n) is 14.4. The number of amides is 2. The van der Waals surface area contributed by atoms with E-state index in [4.69, 9.17) is 4.42 Å². The van der Waals surface area contributed by atoms with Gasteiger partial charge in [0, 0.05) is 19.8 Å². The molecule has 2 amide bonds. The number of rotatable bonds is 6. The van der Waals surface area contributed by atoms with E-state index < -0.39 is 0 Å². The fourth-order valence-electron chi connectivity index (χ4n) is 2.25.